The van der Waals surface area contributed by atoms with Crippen LogP contribution in [0.4, 0.5) is 0 Å². The number of carbonyl (C=O) groups excluding carboxylic acids is 1. The van der Waals surface area contributed by atoms with Crippen LogP contribution in [0.3, 0.4) is 0 Å². The lowest BCUT2D eigenvalue weighted by Crippen LogP contribution is -2.43. The fraction of sp³-hybridized carbons (Fsp3) is 0.875. The summed E-state index contributed by atoms with van der Waals surface area (Å²) in [4.78, 5) is 10.8. The third kappa shape index (κ3) is 2.40. The topological polar surface area (TPSA) is 29.1 Å². The Bertz CT molecular complexity index is 152. The Labute approximate surface area is 72.1 Å². The summed E-state index contributed by atoms with van der Waals surface area (Å²) in [5.74, 6) is 0.803. The molecule has 64 valence electrons. The summed E-state index contributed by atoms with van der Waals surface area (Å²) >= 11 is 1.77. The number of amides is 1. The summed E-state index contributed by atoms with van der Waals surface area (Å²) in [6.07, 6.45) is 0. The molecule has 11 heavy (non-hydrogen) atoms. The molecule has 0 unspecified atom stereocenters. The third-order valence-electron chi connectivity index (χ3n) is 1.87. The zero-order valence-electron chi connectivity index (χ0n) is 7.31. The summed E-state index contributed by atoms with van der Waals surface area (Å²) in [5, 5.41) is 3.45. The van der Waals surface area contributed by atoms with E-state index in [4.69, 9.17) is 0 Å². The van der Waals surface area contributed by atoms with E-state index in [0.717, 1.165) is 6.54 Å². The molecule has 0 radical (unpaired) electrons. The monoisotopic (exact) mass is 173 g/mol. The molecule has 1 atom stereocenters. The summed E-state index contributed by atoms with van der Waals surface area (Å²) in [5.41, 5.74) is 0.304. The molecule has 1 heterocycles. The lowest BCUT2D eigenvalue weighted by Gasteiger charge is -2.33. The molecule has 2 nitrogen and oxygen atoms in total. The van der Waals surface area contributed by atoms with Crippen LogP contribution in [-0.4, -0.2) is 23.5 Å². The Morgan fingerprint density at radius 3 is 2.55 bits per heavy atom. The second kappa shape index (κ2) is 3.05. The average Bonchev–Trinajstić information content (AvgIpc) is 1.86. The van der Waals surface area contributed by atoms with Crippen molar-refractivity contribution in [2.45, 2.75) is 26.0 Å². The van der Waals surface area contributed by atoms with Gasteiger partial charge in [-0.25, -0.2) is 0 Å². The van der Waals surface area contributed by atoms with Gasteiger partial charge < -0.3 is 5.32 Å². The van der Waals surface area contributed by atoms with E-state index in [0.29, 0.717) is 16.4 Å². The number of thioether (sulfide) groups is 1. The van der Waals surface area contributed by atoms with Crippen LogP contribution in [-0.2, 0) is 4.79 Å². The minimum absolute atomic E-state index is 0.176. The first kappa shape index (κ1) is 8.91. The Hall–Kier alpha value is -0.180. The number of hydrogen-bond donors (Lipinski definition) is 1. The second-order valence-electron chi connectivity index (χ2n) is 3.97. The molecule has 1 aliphatic heterocycles. The van der Waals surface area contributed by atoms with Gasteiger partial charge in [0.2, 0.25) is 5.91 Å². The van der Waals surface area contributed by atoms with Crippen LogP contribution < -0.4 is 5.32 Å². The van der Waals surface area contributed by atoms with Crippen molar-refractivity contribution in [2.24, 2.45) is 5.41 Å². The maximum Gasteiger partial charge on any atom is 0.230 e. The van der Waals surface area contributed by atoms with Crippen LogP contribution in [0, 0.1) is 5.41 Å². The van der Waals surface area contributed by atoms with Gasteiger partial charge in [-0.15, -0.1) is 11.8 Å². The van der Waals surface area contributed by atoms with Gasteiger partial charge in [-0.3, -0.25) is 4.79 Å². The molecule has 1 rings (SSSR count). The van der Waals surface area contributed by atoms with E-state index in [9.17, 15) is 4.79 Å². The van der Waals surface area contributed by atoms with Crippen molar-refractivity contribution in [1.29, 1.82) is 0 Å². The summed E-state index contributed by atoms with van der Waals surface area (Å²) in [6.45, 7) is 7.46. The maximum absolute atomic E-state index is 10.8. The van der Waals surface area contributed by atoms with Gasteiger partial charge in [0.05, 0.1) is 5.75 Å². The van der Waals surface area contributed by atoms with Gasteiger partial charge in [0.15, 0.2) is 0 Å². The Morgan fingerprint density at radius 2 is 2.18 bits per heavy atom. The predicted molar refractivity (Wildman–Crippen MR) is 48.7 cm³/mol. The van der Waals surface area contributed by atoms with E-state index >= 15 is 0 Å². The molecule has 3 heteroatoms. The zero-order valence-corrected chi connectivity index (χ0v) is 8.12. The number of hydrogen-bond acceptors (Lipinski definition) is 2. The van der Waals surface area contributed by atoms with Crippen molar-refractivity contribution >= 4 is 17.7 Å². The second-order valence-corrected chi connectivity index (χ2v) is 5.16. The fourth-order valence-electron chi connectivity index (χ4n) is 1.05. The minimum atomic E-state index is 0.176. The normalized spacial score (nSPS) is 26.5. The molecular formula is C8H15NOS. The van der Waals surface area contributed by atoms with Crippen LogP contribution in [0.25, 0.3) is 0 Å². The Kier molecular flexibility index (Phi) is 2.47. The molecule has 1 amide bonds. The quantitative estimate of drug-likeness (QED) is 0.597. The summed E-state index contributed by atoms with van der Waals surface area (Å²) < 4.78 is 0. The standard InChI is InChI=1S/C8H15NOS/c1-8(2,3)6-4-9-7(10)5-11-6/h6H,4-5H2,1-3H3,(H,9,10)/t6-/m0/s1. The van der Waals surface area contributed by atoms with E-state index in [2.05, 4.69) is 26.1 Å². The highest BCUT2D eigenvalue weighted by molar-refractivity contribution is 8.00. The van der Waals surface area contributed by atoms with Crippen molar-refractivity contribution in [2.75, 3.05) is 12.3 Å². The van der Waals surface area contributed by atoms with E-state index in [1.165, 1.54) is 0 Å². The van der Waals surface area contributed by atoms with Gasteiger partial charge in [-0.1, -0.05) is 20.8 Å². The highest BCUT2D eigenvalue weighted by atomic mass is 32.2. The minimum Gasteiger partial charge on any atom is -0.354 e. The molecule has 0 aliphatic carbocycles. The molecule has 0 spiro atoms. The van der Waals surface area contributed by atoms with Crippen molar-refractivity contribution in [1.82, 2.24) is 5.32 Å². The van der Waals surface area contributed by atoms with Gasteiger partial charge >= 0.3 is 0 Å². The van der Waals surface area contributed by atoms with Crippen molar-refractivity contribution in [3.8, 4) is 0 Å². The molecule has 0 aromatic heterocycles. The van der Waals surface area contributed by atoms with Crippen molar-refractivity contribution in [3.63, 3.8) is 0 Å². The highest BCUT2D eigenvalue weighted by Gasteiger charge is 2.28. The van der Waals surface area contributed by atoms with Gasteiger partial charge in [0.25, 0.3) is 0 Å². The average molecular weight is 173 g/mol. The molecular weight excluding hydrogens is 158 g/mol. The molecule has 0 saturated carbocycles. The molecule has 1 aliphatic rings. The first-order valence-electron chi connectivity index (χ1n) is 3.88. The van der Waals surface area contributed by atoms with Gasteiger partial charge in [-0.05, 0) is 5.41 Å². The molecule has 0 aromatic carbocycles. The van der Waals surface area contributed by atoms with E-state index in [-0.39, 0.29) is 5.91 Å². The summed E-state index contributed by atoms with van der Waals surface area (Å²) in [7, 11) is 0. The molecule has 1 saturated heterocycles. The lowest BCUT2D eigenvalue weighted by atomic mass is 9.91. The summed E-state index contributed by atoms with van der Waals surface area (Å²) in [6, 6.07) is 0. The van der Waals surface area contributed by atoms with Crippen LogP contribution in [0.5, 0.6) is 0 Å². The predicted octanol–water partition coefficient (Wildman–Crippen LogP) is 1.26. The number of rotatable bonds is 0. The third-order valence-corrected chi connectivity index (χ3v) is 3.57. The molecule has 0 aromatic rings. The first-order chi connectivity index (χ1) is 5.00. The van der Waals surface area contributed by atoms with Gasteiger partial charge in [0.1, 0.15) is 0 Å². The van der Waals surface area contributed by atoms with E-state index in [1.54, 1.807) is 11.8 Å². The Balaban J connectivity index is 2.45. The van der Waals surface area contributed by atoms with Gasteiger partial charge in [-0.2, -0.15) is 0 Å². The van der Waals surface area contributed by atoms with Crippen molar-refractivity contribution < 1.29 is 4.79 Å². The number of nitrogens with one attached hydrogen (secondary N) is 1. The van der Waals surface area contributed by atoms with Crippen LogP contribution in [0.2, 0.25) is 0 Å². The molecule has 1 N–H and O–H groups in total. The van der Waals surface area contributed by atoms with Crippen LogP contribution in [0.1, 0.15) is 20.8 Å². The first-order valence-corrected chi connectivity index (χ1v) is 4.93. The smallest absolute Gasteiger partial charge is 0.230 e. The lowest BCUT2D eigenvalue weighted by molar-refractivity contribution is -0.118. The van der Waals surface area contributed by atoms with Crippen LogP contribution in [0.15, 0.2) is 0 Å². The highest BCUT2D eigenvalue weighted by Crippen LogP contribution is 2.31. The van der Waals surface area contributed by atoms with Crippen molar-refractivity contribution in [3.05, 3.63) is 0 Å². The number of carbonyl (C=O) groups is 1. The van der Waals surface area contributed by atoms with Crippen LogP contribution >= 0.6 is 11.8 Å². The Morgan fingerprint density at radius 1 is 1.55 bits per heavy atom. The fourth-order valence-corrected chi connectivity index (χ4v) is 2.20. The SMILES string of the molecule is CC(C)(C)[C@@H]1CNC(=O)CS1. The van der Waals surface area contributed by atoms with E-state index < -0.39 is 0 Å². The molecule has 0 bridgehead atoms. The largest absolute Gasteiger partial charge is 0.354 e. The maximum atomic E-state index is 10.8. The zero-order chi connectivity index (χ0) is 8.48. The molecule has 1 fully saturated rings. The van der Waals surface area contributed by atoms with E-state index in [1.807, 2.05) is 0 Å². The van der Waals surface area contributed by atoms with Gasteiger partial charge in [0, 0.05) is 11.8 Å².